The Hall–Kier alpha value is -0.550. The van der Waals surface area contributed by atoms with Gasteiger partial charge in [0.1, 0.15) is 5.82 Å². The van der Waals surface area contributed by atoms with Crippen molar-refractivity contribution in [3.63, 3.8) is 0 Å². The van der Waals surface area contributed by atoms with Gasteiger partial charge in [-0.1, -0.05) is 20.8 Å². The highest BCUT2D eigenvalue weighted by atomic mass is 35.7. The van der Waals surface area contributed by atoms with Crippen LogP contribution < -0.4 is 0 Å². The second-order valence-corrected chi connectivity index (χ2v) is 6.35. The predicted molar refractivity (Wildman–Crippen MR) is 59.5 cm³/mol. The highest BCUT2D eigenvalue weighted by Gasteiger charge is 2.17. The molecule has 0 aliphatic carbocycles. The average molecular weight is 251 g/mol. The van der Waals surface area contributed by atoms with Crippen LogP contribution in [-0.4, -0.2) is 18.0 Å². The van der Waals surface area contributed by atoms with Crippen LogP contribution in [0, 0.1) is 5.92 Å². The van der Waals surface area contributed by atoms with Crippen molar-refractivity contribution in [1.29, 1.82) is 0 Å². The summed E-state index contributed by atoms with van der Waals surface area (Å²) in [6, 6.07) is 0. The maximum atomic E-state index is 11.1. The van der Waals surface area contributed by atoms with E-state index in [1.165, 1.54) is 6.20 Å². The van der Waals surface area contributed by atoms with E-state index in [1.54, 1.807) is 0 Å². The lowest BCUT2D eigenvalue weighted by Crippen LogP contribution is -2.06. The molecule has 1 aromatic heterocycles. The summed E-state index contributed by atoms with van der Waals surface area (Å²) < 4.78 is 24.0. The van der Waals surface area contributed by atoms with Crippen LogP contribution in [0.3, 0.4) is 0 Å². The van der Waals surface area contributed by atoms with Crippen LogP contribution in [0.5, 0.6) is 0 Å². The van der Waals surface area contributed by atoms with E-state index in [0.29, 0.717) is 12.3 Å². The van der Waals surface area contributed by atoms with E-state index in [1.807, 2.05) is 11.5 Å². The van der Waals surface area contributed by atoms with Gasteiger partial charge >= 0.3 is 0 Å². The molecule has 6 heteroatoms. The van der Waals surface area contributed by atoms with Crippen molar-refractivity contribution in [2.45, 2.75) is 38.8 Å². The van der Waals surface area contributed by atoms with Gasteiger partial charge in [-0.3, -0.25) is 0 Å². The summed E-state index contributed by atoms with van der Waals surface area (Å²) in [5, 5.41) is -0.0540. The Labute approximate surface area is 94.7 Å². The van der Waals surface area contributed by atoms with Gasteiger partial charge in [0.05, 0.1) is 0 Å². The SMILES string of the molecule is CCc1nc(S(=O)(=O)Cl)cn1CC(C)C. The molecule has 0 spiro atoms. The Morgan fingerprint density at radius 2 is 2.13 bits per heavy atom. The minimum Gasteiger partial charge on any atom is -0.333 e. The third-order valence-electron chi connectivity index (χ3n) is 1.96. The highest BCUT2D eigenvalue weighted by molar-refractivity contribution is 8.13. The highest BCUT2D eigenvalue weighted by Crippen LogP contribution is 2.16. The van der Waals surface area contributed by atoms with Gasteiger partial charge in [0, 0.05) is 29.8 Å². The van der Waals surface area contributed by atoms with E-state index in [4.69, 9.17) is 10.7 Å². The molecule has 86 valence electrons. The zero-order valence-electron chi connectivity index (χ0n) is 9.07. The van der Waals surface area contributed by atoms with Gasteiger partial charge in [-0.2, -0.15) is 0 Å². The van der Waals surface area contributed by atoms with Crippen LogP contribution >= 0.6 is 10.7 Å². The van der Waals surface area contributed by atoms with Gasteiger partial charge in [-0.25, -0.2) is 13.4 Å². The minimum atomic E-state index is -3.71. The molecule has 0 saturated heterocycles. The van der Waals surface area contributed by atoms with Gasteiger partial charge in [0.15, 0.2) is 5.03 Å². The molecule has 0 unspecified atom stereocenters. The molecule has 0 aliphatic heterocycles. The maximum Gasteiger partial charge on any atom is 0.280 e. The molecule has 0 amide bonds. The van der Waals surface area contributed by atoms with E-state index in [0.717, 1.165) is 12.4 Å². The summed E-state index contributed by atoms with van der Waals surface area (Å²) in [6.45, 7) is 6.81. The van der Waals surface area contributed by atoms with E-state index in [9.17, 15) is 8.42 Å². The second kappa shape index (κ2) is 4.53. The van der Waals surface area contributed by atoms with Crippen molar-refractivity contribution < 1.29 is 8.42 Å². The molecule has 0 bridgehead atoms. The molecule has 0 radical (unpaired) electrons. The molecular weight excluding hydrogens is 236 g/mol. The Kier molecular flexibility index (Phi) is 3.78. The number of aryl methyl sites for hydroxylation is 1. The molecule has 1 aromatic rings. The fraction of sp³-hybridized carbons (Fsp3) is 0.667. The maximum absolute atomic E-state index is 11.1. The molecule has 1 rings (SSSR count). The first kappa shape index (κ1) is 12.5. The topological polar surface area (TPSA) is 52.0 Å². The van der Waals surface area contributed by atoms with Gasteiger partial charge in [0.2, 0.25) is 0 Å². The number of imidazole rings is 1. The van der Waals surface area contributed by atoms with E-state index in [2.05, 4.69) is 18.8 Å². The molecule has 0 fully saturated rings. The predicted octanol–water partition coefficient (Wildman–Crippen LogP) is 2.03. The lowest BCUT2D eigenvalue weighted by atomic mass is 10.2. The summed E-state index contributed by atoms with van der Waals surface area (Å²) in [4.78, 5) is 4.00. The number of rotatable bonds is 4. The van der Waals surface area contributed by atoms with E-state index >= 15 is 0 Å². The van der Waals surface area contributed by atoms with Crippen LogP contribution in [0.2, 0.25) is 0 Å². The van der Waals surface area contributed by atoms with E-state index < -0.39 is 9.05 Å². The largest absolute Gasteiger partial charge is 0.333 e. The second-order valence-electron chi connectivity index (χ2n) is 3.83. The standard InChI is InChI=1S/C9H15ClN2O2S/c1-4-8-11-9(15(10,13)14)6-12(8)5-7(2)3/h6-7H,4-5H2,1-3H3. The molecular formula is C9H15ClN2O2S. The Morgan fingerprint density at radius 1 is 1.53 bits per heavy atom. The first-order valence-electron chi connectivity index (χ1n) is 4.85. The molecule has 0 aliphatic rings. The molecule has 0 aromatic carbocycles. The van der Waals surface area contributed by atoms with Crippen molar-refractivity contribution >= 4 is 19.7 Å². The van der Waals surface area contributed by atoms with Crippen LogP contribution in [0.4, 0.5) is 0 Å². The molecule has 0 saturated carbocycles. The molecule has 0 atom stereocenters. The third kappa shape index (κ3) is 3.21. The average Bonchev–Trinajstić information content (AvgIpc) is 2.45. The molecule has 15 heavy (non-hydrogen) atoms. The van der Waals surface area contributed by atoms with E-state index in [-0.39, 0.29) is 5.03 Å². The number of hydrogen-bond donors (Lipinski definition) is 0. The fourth-order valence-electron chi connectivity index (χ4n) is 1.38. The van der Waals surface area contributed by atoms with Gasteiger partial charge < -0.3 is 4.57 Å². The van der Waals surface area contributed by atoms with Crippen LogP contribution in [0.15, 0.2) is 11.2 Å². The summed E-state index contributed by atoms with van der Waals surface area (Å²) in [5.74, 6) is 1.19. The lowest BCUT2D eigenvalue weighted by molar-refractivity contribution is 0.508. The Balaban J connectivity index is 3.12. The summed E-state index contributed by atoms with van der Waals surface area (Å²) >= 11 is 0. The summed E-state index contributed by atoms with van der Waals surface area (Å²) in [6.07, 6.45) is 2.19. The molecule has 0 N–H and O–H groups in total. The summed E-state index contributed by atoms with van der Waals surface area (Å²) in [7, 11) is 1.52. The van der Waals surface area contributed by atoms with Gasteiger partial charge in [-0.15, -0.1) is 0 Å². The van der Waals surface area contributed by atoms with Crippen molar-refractivity contribution in [2.24, 2.45) is 5.92 Å². The van der Waals surface area contributed by atoms with Crippen molar-refractivity contribution in [3.8, 4) is 0 Å². The normalized spacial score (nSPS) is 12.3. The molecule has 4 nitrogen and oxygen atoms in total. The number of aromatic nitrogens is 2. The van der Waals surface area contributed by atoms with Crippen LogP contribution in [0.25, 0.3) is 0 Å². The fourth-order valence-corrected chi connectivity index (χ4v) is 2.07. The third-order valence-corrected chi connectivity index (χ3v) is 3.14. The zero-order valence-corrected chi connectivity index (χ0v) is 10.6. The van der Waals surface area contributed by atoms with Crippen LogP contribution in [0.1, 0.15) is 26.6 Å². The molecule has 1 heterocycles. The number of hydrogen-bond acceptors (Lipinski definition) is 3. The Bertz CT molecular complexity index is 437. The van der Waals surface area contributed by atoms with Crippen LogP contribution in [-0.2, 0) is 22.0 Å². The summed E-state index contributed by atoms with van der Waals surface area (Å²) in [5.41, 5.74) is 0. The first-order valence-corrected chi connectivity index (χ1v) is 7.16. The van der Waals surface area contributed by atoms with Crippen molar-refractivity contribution in [1.82, 2.24) is 9.55 Å². The van der Waals surface area contributed by atoms with Gasteiger partial charge in [0.25, 0.3) is 9.05 Å². The Morgan fingerprint density at radius 3 is 2.53 bits per heavy atom. The van der Waals surface area contributed by atoms with Gasteiger partial charge in [-0.05, 0) is 5.92 Å². The first-order chi connectivity index (χ1) is 6.84. The quantitative estimate of drug-likeness (QED) is 0.769. The monoisotopic (exact) mass is 250 g/mol. The lowest BCUT2D eigenvalue weighted by Gasteiger charge is -2.08. The van der Waals surface area contributed by atoms with Crippen molar-refractivity contribution in [2.75, 3.05) is 0 Å². The van der Waals surface area contributed by atoms with Crippen molar-refractivity contribution in [3.05, 3.63) is 12.0 Å². The number of halogens is 1. The zero-order chi connectivity index (χ0) is 11.6. The minimum absolute atomic E-state index is 0.0540. The number of nitrogens with zero attached hydrogens (tertiary/aromatic N) is 2. The smallest absolute Gasteiger partial charge is 0.280 e.